The van der Waals surface area contributed by atoms with E-state index in [0.29, 0.717) is 17.4 Å². The molecule has 24 heavy (non-hydrogen) atoms. The van der Waals surface area contributed by atoms with E-state index < -0.39 is 0 Å². The van der Waals surface area contributed by atoms with Crippen molar-refractivity contribution in [2.75, 3.05) is 18.4 Å². The van der Waals surface area contributed by atoms with Crippen LogP contribution in [0.1, 0.15) is 35.8 Å². The maximum atomic E-state index is 12.7. The molecule has 2 aromatic rings. The first-order valence-electron chi connectivity index (χ1n) is 8.17. The molecule has 5 nitrogen and oxygen atoms in total. The van der Waals surface area contributed by atoms with Gasteiger partial charge >= 0.3 is 0 Å². The van der Waals surface area contributed by atoms with E-state index in [4.69, 9.17) is 0 Å². The number of carbonyl (C=O) groups excluding carboxylic acids is 1. The van der Waals surface area contributed by atoms with Crippen LogP contribution in [0.3, 0.4) is 0 Å². The van der Waals surface area contributed by atoms with Gasteiger partial charge in [0.25, 0.3) is 5.91 Å². The summed E-state index contributed by atoms with van der Waals surface area (Å²) in [5.41, 5.74) is 2.51. The molecule has 1 atom stereocenters. The highest BCUT2D eigenvalue weighted by Gasteiger charge is 2.23. The van der Waals surface area contributed by atoms with Crippen LogP contribution in [0.2, 0.25) is 0 Å². The molecule has 6 heteroatoms. The first kappa shape index (κ1) is 16.9. The number of nitrogens with zero attached hydrogens (tertiary/aromatic N) is 3. The van der Waals surface area contributed by atoms with Crippen molar-refractivity contribution >= 4 is 33.3 Å². The van der Waals surface area contributed by atoms with Crippen molar-refractivity contribution in [3.63, 3.8) is 0 Å². The number of carbonyl (C=O) groups is 1. The fraction of sp³-hybridized carbons (Fsp3) is 0.389. The van der Waals surface area contributed by atoms with Gasteiger partial charge in [-0.3, -0.25) is 4.79 Å². The van der Waals surface area contributed by atoms with Crippen LogP contribution in [-0.4, -0.2) is 33.9 Å². The molecule has 2 heterocycles. The van der Waals surface area contributed by atoms with Gasteiger partial charge in [-0.2, -0.15) is 0 Å². The first-order chi connectivity index (χ1) is 11.5. The van der Waals surface area contributed by atoms with E-state index in [1.54, 1.807) is 6.07 Å². The fourth-order valence-corrected chi connectivity index (χ4v) is 3.53. The van der Waals surface area contributed by atoms with Crippen molar-refractivity contribution in [3.8, 4) is 0 Å². The van der Waals surface area contributed by atoms with E-state index in [2.05, 4.69) is 38.1 Å². The predicted octanol–water partition coefficient (Wildman–Crippen LogP) is 4.16. The van der Waals surface area contributed by atoms with Crippen LogP contribution in [0, 0.1) is 12.8 Å². The Hall–Kier alpha value is -1.95. The molecule has 1 amide bonds. The predicted molar refractivity (Wildman–Crippen MR) is 98.5 cm³/mol. The Morgan fingerprint density at radius 2 is 2.17 bits per heavy atom. The summed E-state index contributed by atoms with van der Waals surface area (Å²) in [6, 6.07) is 7.75. The average molecular weight is 389 g/mol. The van der Waals surface area contributed by atoms with Gasteiger partial charge in [0.1, 0.15) is 17.8 Å². The number of halogens is 1. The molecule has 126 valence electrons. The van der Waals surface area contributed by atoms with Crippen molar-refractivity contribution in [2.24, 2.45) is 5.92 Å². The van der Waals surface area contributed by atoms with Crippen molar-refractivity contribution in [1.29, 1.82) is 0 Å². The number of aryl methyl sites for hydroxylation is 1. The summed E-state index contributed by atoms with van der Waals surface area (Å²) in [6.07, 6.45) is 3.67. The molecule has 0 spiro atoms. The molecular formula is C18H21BrN4O. The molecule has 0 bridgehead atoms. The van der Waals surface area contributed by atoms with Crippen LogP contribution in [0.5, 0.6) is 0 Å². The number of nitrogens with one attached hydrogen (secondary N) is 1. The molecule has 1 aromatic heterocycles. The molecule has 1 fully saturated rings. The Kier molecular flexibility index (Phi) is 5.14. The van der Waals surface area contributed by atoms with Crippen LogP contribution >= 0.6 is 15.9 Å². The third-order valence-corrected chi connectivity index (χ3v) is 4.87. The van der Waals surface area contributed by atoms with E-state index in [-0.39, 0.29) is 5.91 Å². The van der Waals surface area contributed by atoms with E-state index in [1.165, 1.54) is 18.3 Å². The fourth-order valence-electron chi connectivity index (χ4n) is 2.94. The number of amides is 1. The van der Waals surface area contributed by atoms with E-state index in [1.807, 2.05) is 30.0 Å². The zero-order valence-corrected chi connectivity index (χ0v) is 15.5. The molecule has 0 radical (unpaired) electrons. The smallest absolute Gasteiger partial charge is 0.272 e. The third kappa shape index (κ3) is 3.93. The topological polar surface area (TPSA) is 58.1 Å². The van der Waals surface area contributed by atoms with Crippen molar-refractivity contribution < 1.29 is 4.79 Å². The largest absolute Gasteiger partial charge is 0.339 e. The van der Waals surface area contributed by atoms with Gasteiger partial charge in [0.2, 0.25) is 0 Å². The number of rotatable bonds is 3. The second-order valence-electron chi connectivity index (χ2n) is 6.40. The quantitative estimate of drug-likeness (QED) is 0.857. The normalized spacial score (nSPS) is 17.6. The van der Waals surface area contributed by atoms with Gasteiger partial charge < -0.3 is 10.2 Å². The molecule has 0 saturated carbocycles. The summed E-state index contributed by atoms with van der Waals surface area (Å²) in [6.45, 7) is 5.82. The van der Waals surface area contributed by atoms with Gasteiger partial charge in [0.05, 0.1) is 5.69 Å². The summed E-state index contributed by atoms with van der Waals surface area (Å²) in [4.78, 5) is 22.9. The molecule has 1 saturated heterocycles. The maximum Gasteiger partial charge on any atom is 0.272 e. The molecule has 1 aliphatic rings. The van der Waals surface area contributed by atoms with E-state index in [0.717, 1.165) is 29.7 Å². The minimum atomic E-state index is -0.0185. The Balaban J connectivity index is 1.77. The number of likely N-dealkylation sites (tertiary alicyclic amines) is 1. The molecule has 3 rings (SSSR count). The number of hydrogen-bond acceptors (Lipinski definition) is 4. The summed E-state index contributed by atoms with van der Waals surface area (Å²) in [5.74, 6) is 1.14. The lowest BCUT2D eigenvalue weighted by Crippen LogP contribution is -2.39. The maximum absolute atomic E-state index is 12.7. The number of hydrogen-bond donors (Lipinski definition) is 1. The Bertz CT molecular complexity index is 750. The number of piperidine rings is 1. The van der Waals surface area contributed by atoms with Gasteiger partial charge in [-0.15, -0.1) is 0 Å². The minimum Gasteiger partial charge on any atom is -0.339 e. The summed E-state index contributed by atoms with van der Waals surface area (Å²) in [7, 11) is 0. The van der Waals surface area contributed by atoms with Crippen molar-refractivity contribution in [3.05, 3.63) is 46.3 Å². The summed E-state index contributed by atoms with van der Waals surface area (Å²) >= 11 is 3.54. The number of anilines is 2. The lowest BCUT2D eigenvalue weighted by atomic mass is 10.00. The lowest BCUT2D eigenvalue weighted by Gasteiger charge is -2.30. The second-order valence-corrected chi connectivity index (χ2v) is 7.25. The highest BCUT2D eigenvalue weighted by Crippen LogP contribution is 2.26. The first-order valence-corrected chi connectivity index (χ1v) is 8.97. The van der Waals surface area contributed by atoms with Crippen LogP contribution in [-0.2, 0) is 0 Å². The zero-order valence-electron chi connectivity index (χ0n) is 13.9. The Morgan fingerprint density at radius 1 is 1.33 bits per heavy atom. The lowest BCUT2D eigenvalue weighted by molar-refractivity contribution is 0.0677. The summed E-state index contributed by atoms with van der Waals surface area (Å²) in [5, 5.41) is 3.24. The monoisotopic (exact) mass is 388 g/mol. The molecule has 0 aliphatic carbocycles. The van der Waals surface area contributed by atoms with Crippen LogP contribution in [0.25, 0.3) is 0 Å². The summed E-state index contributed by atoms with van der Waals surface area (Å²) < 4.78 is 0.957. The van der Waals surface area contributed by atoms with E-state index >= 15 is 0 Å². The molecule has 1 N–H and O–H groups in total. The van der Waals surface area contributed by atoms with Gasteiger partial charge in [0.15, 0.2) is 0 Å². The Morgan fingerprint density at radius 3 is 2.92 bits per heavy atom. The second kappa shape index (κ2) is 7.30. The standard InChI is InChI=1S/C18H21BrN4O/c1-12-5-6-15(14(19)8-12)22-17-9-16(20-11-21-17)18(24)23-7-3-4-13(2)10-23/h5-6,8-9,11,13H,3-4,7,10H2,1-2H3,(H,20,21,22). The average Bonchev–Trinajstić information content (AvgIpc) is 2.57. The van der Waals surface area contributed by atoms with Crippen LogP contribution < -0.4 is 5.32 Å². The van der Waals surface area contributed by atoms with Crippen LogP contribution in [0.4, 0.5) is 11.5 Å². The van der Waals surface area contributed by atoms with Gasteiger partial charge in [-0.1, -0.05) is 13.0 Å². The molecule has 1 unspecified atom stereocenters. The highest BCUT2D eigenvalue weighted by atomic mass is 79.9. The number of aromatic nitrogens is 2. The SMILES string of the molecule is Cc1ccc(Nc2cc(C(=O)N3CCCC(C)C3)ncn2)c(Br)c1. The van der Waals surface area contributed by atoms with Crippen molar-refractivity contribution in [2.45, 2.75) is 26.7 Å². The molecule has 1 aromatic carbocycles. The highest BCUT2D eigenvalue weighted by molar-refractivity contribution is 9.10. The Labute approximate surface area is 150 Å². The van der Waals surface area contributed by atoms with Gasteiger partial charge in [-0.05, 0) is 59.3 Å². The van der Waals surface area contributed by atoms with Crippen LogP contribution in [0.15, 0.2) is 35.1 Å². The van der Waals surface area contributed by atoms with Gasteiger partial charge in [-0.25, -0.2) is 9.97 Å². The molecular weight excluding hydrogens is 368 g/mol. The van der Waals surface area contributed by atoms with E-state index in [9.17, 15) is 4.79 Å². The zero-order chi connectivity index (χ0) is 17.1. The number of benzene rings is 1. The molecule has 1 aliphatic heterocycles. The minimum absolute atomic E-state index is 0.0185. The van der Waals surface area contributed by atoms with Gasteiger partial charge in [0, 0.05) is 23.6 Å². The third-order valence-electron chi connectivity index (χ3n) is 4.22. The van der Waals surface area contributed by atoms with Crippen molar-refractivity contribution in [1.82, 2.24) is 14.9 Å².